The molecular formula is C19H28ClN3O2S. The van der Waals surface area contributed by atoms with Crippen LogP contribution in [-0.4, -0.2) is 53.9 Å². The molecule has 3 rings (SSSR count). The van der Waals surface area contributed by atoms with Crippen LogP contribution in [0.3, 0.4) is 0 Å². The van der Waals surface area contributed by atoms with Crippen molar-refractivity contribution in [3.63, 3.8) is 0 Å². The van der Waals surface area contributed by atoms with Crippen molar-refractivity contribution in [2.75, 3.05) is 31.1 Å². The fourth-order valence-corrected chi connectivity index (χ4v) is 4.24. The Balaban J connectivity index is 0.00000243. The van der Waals surface area contributed by atoms with E-state index in [0.29, 0.717) is 13.0 Å². The minimum atomic E-state index is 0. The van der Waals surface area contributed by atoms with Gasteiger partial charge in [-0.25, -0.2) is 0 Å². The number of piperidine rings is 1. The summed E-state index contributed by atoms with van der Waals surface area (Å²) < 4.78 is 0. The lowest BCUT2D eigenvalue weighted by atomic mass is 10.1. The van der Waals surface area contributed by atoms with E-state index in [2.05, 4.69) is 10.6 Å². The largest absolute Gasteiger partial charge is 0.352 e. The molecular weight excluding hydrogens is 370 g/mol. The zero-order valence-electron chi connectivity index (χ0n) is 15.0. The first kappa shape index (κ1) is 21.1. The van der Waals surface area contributed by atoms with Crippen molar-refractivity contribution in [3.8, 4) is 0 Å². The van der Waals surface area contributed by atoms with Gasteiger partial charge in [0.15, 0.2) is 0 Å². The third kappa shape index (κ3) is 6.18. The predicted octanol–water partition coefficient (Wildman–Crippen LogP) is 2.45. The Kier molecular flexibility index (Phi) is 8.75. The molecule has 2 fully saturated rings. The first-order valence-electron chi connectivity index (χ1n) is 9.18. The quantitative estimate of drug-likeness (QED) is 0.801. The van der Waals surface area contributed by atoms with Gasteiger partial charge in [0, 0.05) is 55.7 Å². The van der Waals surface area contributed by atoms with E-state index < -0.39 is 0 Å². The Morgan fingerprint density at radius 2 is 1.88 bits per heavy atom. The Bertz CT molecular complexity index is 585. The molecule has 2 N–H and O–H groups in total. The maximum atomic E-state index is 12.4. The molecule has 1 aromatic rings. The van der Waals surface area contributed by atoms with E-state index in [9.17, 15) is 9.59 Å². The molecule has 2 aliphatic rings. The average molecular weight is 398 g/mol. The number of carbonyl (C=O) groups is 2. The zero-order chi connectivity index (χ0) is 17.5. The first-order chi connectivity index (χ1) is 12.2. The molecule has 0 saturated carbocycles. The van der Waals surface area contributed by atoms with Crippen molar-refractivity contribution < 1.29 is 9.59 Å². The van der Waals surface area contributed by atoms with E-state index in [1.54, 1.807) is 0 Å². The number of benzene rings is 1. The molecule has 0 aromatic heterocycles. The number of halogens is 1. The molecule has 1 atom stereocenters. The molecule has 2 amide bonds. The summed E-state index contributed by atoms with van der Waals surface area (Å²) in [5.74, 6) is 2.33. The van der Waals surface area contributed by atoms with Gasteiger partial charge in [-0.1, -0.05) is 12.1 Å². The predicted molar refractivity (Wildman–Crippen MR) is 109 cm³/mol. The molecule has 2 aliphatic heterocycles. The maximum absolute atomic E-state index is 12.4. The van der Waals surface area contributed by atoms with Gasteiger partial charge in [-0.2, -0.15) is 11.8 Å². The van der Waals surface area contributed by atoms with E-state index in [1.807, 2.05) is 40.9 Å². The fourth-order valence-electron chi connectivity index (χ4n) is 3.29. The van der Waals surface area contributed by atoms with Gasteiger partial charge in [-0.05, 0) is 37.0 Å². The highest BCUT2D eigenvalue weighted by atomic mass is 35.5. The maximum Gasteiger partial charge on any atom is 0.253 e. The number of carbonyl (C=O) groups excluding carboxylic acids is 2. The van der Waals surface area contributed by atoms with Gasteiger partial charge in [-0.15, -0.1) is 12.4 Å². The lowest BCUT2D eigenvalue weighted by Crippen LogP contribution is -2.41. The van der Waals surface area contributed by atoms with Crippen LogP contribution in [0.4, 0.5) is 0 Å². The second-order valence-corrected chi connectivity index (χ2v) is 7.91. The Morgan fingerprint density at radius 3 is 2.54 bits per heavy atom. The molecule has 5 nitrogen and oxygen atoms in total. The Labute approximate surface area is 166 Å². The highest BCUT2D eigenvalue weighted by Gasteiger charge is 2.18. The first-order valence-corrected chi connectivity index (χ1v) is 10.3. The van der Waals surface area contributed by atoms with E-state index in [4.69, 9.17) is 0 Å². The number of hydrogen-bond donors (Lipinski definition) is 2. The molecule has 0 bridgehead atoms. The van der Waals surface area contributed by atoms with Crippen LogP contribution in [0.1, 0.15) is 41.6 Å². The van der Waals surface area contributed by atoms with Crippen molar-refractivity contribution in [1.82, 2.24) is 15.5 Å². The van der Waals surface area contributed by atoms with Gasteiger partial charge in [0.1, 0.15) is 0 Å². The smallest absolute Gasteiger partial charge is 0.253 e. The summed E-state index contributed by atoms with van der Waals surface area (Å²) in [7, 11) is 0. The standard InChI is InChI=1S/C19H27N3O2S.ClH/c23-18(12-17-14-25-11-8-20-17)21-13-15-4-6-16(7-5-15)19(24)22-9-2-1-3-10-22;/h4-7,17,20H,1-3,8-14H2,(H,21,23);1H. The molecule has 2 saturated heterocycles. The van der Waals surface area contributed by atoms with Gasteiger partial charge in [0.25, 0.3) is 5.91 Å². The topological polar surface area (TPSA) is 61.4 Å². The highest BCUT2D eigenvalue weighted by Crippen LogP contribution is 2.14. The summed E-state index contributed by atoms with van der Waals surface area (Å²) >= 11 is 1.90. The minimum absolute atomic E-state index is 0. The molecule has 7 heteroatoms. The number of nitrogens with zero attached hydrogens (tertiary/aromatic N) is 1. The van der Waals surface area contributed by atoms with Gasteiger partial charge in [0.2, 0.25) is 5.91 Å². The molecule has 0 aliphatic carbocycles. The van der Waals surface area contributed by atoms with Gasteiger partial charge in [0.05, 0.1) is 0 Å². The van der Waals surface area contributed by atoms with Crippen molar-refractivity contribution in [3.05, 3.63) is 35.4 Å². The normalized spacial score (nSPS) is 20.2. The number of amides is 2. The van der Waals surface area contributed by atoms with Crippen LogP contribution in [0.15, 0.2) is 24.3 Å². The number of hydrogen-bond acceptors (Lipinski definition) is 4. The lowest BCUT2D eigenvalue weighted by molar-refractivity contribution is -0.121. The average Bonchev–Trinajstić information content (AvgIpc) is 2.68. The van der Waals surface area contributed by atoms with Crippen LogP contribution < -0.4 is 10.6 Å². The third-order valence-corrected chi connectivity index (χ3v) is 5.89. The Hall–Kier alpha value is -1.24. The van der Waals surface area contributed by atoms with Crippen LogP contribution >= 0.6 is 24.2 Å². The molecule has 144 valence electrons. The zero-order valence-corrected chi connectivity index (χ0v) is 16.7. The van der Waals surface area contributed by atoms with Gasteiger partial charge >= 0.3 is 0 Å². The Morgan fingerprint density at radius 1 is 1.15 bits per heavy atom. The summed E-state index contributed by atoms with van der Waals surface area (Å²) in [4.78, 5) is 26.4. The van der Waals surface area contributed by atoms with Crippen molar-refractivity contribution in [1.29, 1.82) is 0 Å². The van der Waals surface area contributed by atoms with Crippen LogP contribution in [0.2, 0.25) is 0 Å². The molecule has 0 spiro atoms. The highest BCUT2D eigenvalue weighted by molar-refractivity contribution is 7.99. The fraction of sp³-hybridized carbons (Fsp3) is 0.579. The van der Waals surface area contributed by atoms with E-state index >= 15 is 0 Å². The molecule has 26 heavy (non-hydrogen) atoms. The minimum Gasteiger partial charge on any atom is -0.352 e. The van der Waals surface area contributed by atoms with E-state index in [1.165, 1.54) is 6.42 Å². The van der Waals surface area contributed by atoms with Crippen LogP contribution in [0.25, 0.3) is 0 Å². The molecule has 2 heterocycles. The van der Waals surface area contributed by atoms with Crippen molar-refractivity contribution >= 4 is 36.0 Å². The van der Waals surface area contributed by atoms with Crippen molar-refractivity contribution in [2.45, 2.75) is 38.3 Å². The molecule has 0 radical (unpaired) electrons. The number of nitrogens with one attached hydrogen (secondary N) is 2. The second-order valence-electron chi connectivity index (χ2n) is 6.76. The van der Waals surface area contributed by atoms with Crippen molar-refractivity contribution in [2.24, 2.45) is 0 Å². The number of likely N-dealkylation sites (tertiary alicyclic amines) is 1. The molecule has 1 unspecified atom stereocenters. The van der Waals surface area contributed by atoms with E-state index in [-0.39, 0.29) is 30.3 Å². The SMILES string of the molecule is Cl.O=C(CC1CSCCN1)NCc1ccc(C(=O)N2CCCCC2)cc1. The summed E-state index contributed by atoms with van der Waals surface area (Å²) in [5, 5.41) is 6.35. The second kappa shape index (κ2) is 10.8. The van der Waals surface area contributed by atoms with Crippen LogP contribution in [0.5, 0.6) is 0 Å². The summed E-state index contributed by atoms with van der Waals surface area (Å²) in [5.41, 5.74) is 1.76. The third-order valence-electron chi connectivity index (χ3n) is 4.76. The van der Waals surface area contributed by atoms with Gasteiger partial charge < -0.3 is 15.5 Å². The summed E-state index contributed by atoms with van der Waals surface area (Å²) in [6, 6.07) is 7.90. The monoisotopic (exact) mass is 397 g/mol. The van der Waals surface area contributed by atoms with Crippen LogP contribution in [0, 0.1) is 0 Å². The van der Waals surface area contributed by atoms with Crippen LogP contribution in [-0.2, 0) is 11.3 Å². The summed E-state index contributed by atoms with van der Waals surface area (Å²) in [6.07, 6.45) is 3.95. The molecule has 1 aromatic carbocycles. The van der Waals surface area contributed by atoms with Gasteiger partial charge in [-0.3, -0.25) is 9.59 Å². The summed E-state index contributed by atoms with van der Waals surface area (Å²) in [6.45, 7) is 3.22. The number of thioether (sulfide) groups is 1. The lowest BCUT2D eigenvalue weighted by Gasteiger charge is -2.26. The van der Waals surface area contributed by atoms with E-state index in [0.717, 1.165) is 55.1 Å². The number of rotatable bonds is 5.